The van der Waals surface area contributed by atoms with E-state index >= 15 is 0 Å². The number of anilines is 2. The molecule has 0 saturated heterocycles. The Kier molecular flexibility index (Phi) is 4.19. The summed E-state index contributed by atoms with van der Waals surface area (Å²) in [7, 11) is 0. The molecule has 0 aliphatic rings. The van der Waals surface area contributed by atoms with Crippen LogP contribution in [0.2, 0.25) is 0 Å². The number of carboxylic acid groups (broad SMARTS) is 1. The molecule has 0 aliphatic carbocycles. The number of aryl methyl sites for hydroxylation is 1. The van der Waals surface area contributed by atoms with E-state index in [0.29, 0.717) is 11.5 Å². The Morgan fingerprint density at radius 3 is 2.85 bits per heavy atom. The zero-order chi connectivity index (χ0) is 14.7. The SMILES string of the molecule is CCc1cnc(C(C)Nc2ncc(N)cc2C(=O)O)s1. The standard InChI is InChI=1S/C13H16N4O2S/c1-3-9-6-16-12(20-9)7(2)17-11-10(13(18)19)4-8(14)5-15-11/h4-7H,3,14H2,1-2H3,(H,15,17)(H,18,19). The van der Waals surface area contributed by atoms with Gasteiger partial charge in [0.05, 0.1) is 17.9 Å². The average Bonchev–Trinajstić information content (AvgIpc) is 2.89. The van der Waals surface area contributed by atoms with Crippen LogP contribution in [0.15, 0.2) is 18.5 Å². The zero-order valence-corrected chi connectivity index (χ0v) is 12.1. The molecule has 0 radical (unpaired) electrons. The molecular formula is C13H16N4O2S. The van der Waals surface area contributed by atoms with E-state index in [2.05, 4.69) is 22.2 Å². The molecule has 0 aliphatic heterocycles. The van der Waals surface area contributed by atoms with Crippen molar-refractivity contribution in [3.05, 3.63) is 33.9 Å². The Labute approximate surface area is 120 Å². The number of rotatable bonds is 5. The van der Waals surface area contributed by atoms with Crippen molar-refractivity contribution >= 4 is 28.8 Å². The van der Waals surface area contributed by atoms with Gasteiger partial charge in [0.25, 0.3) is 0 Å². The summed E-state index contributed by atoms with van der Waals surface area (Å²) >= 11 is 1.60. The predicted octanol–water partition coefficient (Wildman–Crippen LogP) is 2.55. The van der Waals surface area contributed by atoms with Gasteiger partial charge in [0.1, 0.15) is 16.4 Å². The molecule has 0 aromatic carbocycles. The van der Waals surface area contributed by atoms with Gasteiger partial charge in [0.2, 0.25) is 0 Å². The van der Waals surface area contributed by atoms with Gasteiger partial charge >= 0.3 is 5.97 Å². The Balaban J connectivity index is 2.23. The van der Waals surface area contributed by atoms with Crippen LogP contribution in [-0.4, -0.2) is 21.0 Å². The van der Waals surface area contributed by atoms with Gasteiger partial charge in [-0.1, -0.05) is 6.92 Å². The number of hydrogen-bond donors (Lipinski definition) is 3. The number of hydrogen-bond acceptors (Lipinski definition) is 6. The molecular weight excluding hydrogens is 276 g/mol. The number of nitrogens with zero attached hydrogens (tertiary/aromatic N) is 2. The Morgan fingerprint density at radius 2 is 2.25 bits per heavy atom. The summed E-state index contributed by atoms with van der Waals surface area (Å²) in [6.07, 6.45) is 4.21. The maximum Gasteiger partial charge on any atom is 0.339 e. The fourth-order valence-electron chi connectivity index (χ4n) is 1.71. The Bertz CT molecular complexity index is 627. The van der Waals surface area contributed by atoms with Gasteiger partial charge < -0.3 is 16.2 Å². The lowest BCUT2D eigenvalue weighted by atomic mass is 10.2. The molecule has 0 amide bonds. The molecule has 1 atom stereocenters. The molecule has 6 nitrogen and oxygen atoms in total. The maximum atomic E-state index is 11.2. The molecule has 2 aromatic heterocycles. The number of thiazole rings is 1. The third-order valence-corrected chi connectivity index (χ3v) is 4.11. The molecule has 106 valence electrons. The Hall–Kier alpha value is -2.15. The van der Waals surface area contributed by atoms with Crippen LogP contribution in [0.5, 0.6) is 0 Å². The maximum absolute atomic E-state index is 11.2. The number of nitrogen functional groups attached to an aromatic ring is 1. The lowest BCUT2D eigenvalue weighted by Crippen LogP contribution is -2.12. The molecule has 4 N–H and O–H groups in total. The van der Waals surface area contributed by atoms with Crippen molar-refractivity contribution < 1.29 is 9.90 Å². The molecule has 2 aromatic rings. The Morgan fingerprint density at radius 1 is 1.50 bits per heavy atom. The topological polar surface area (TPSA) is 101 Å². The zero-order valence-electron chi connectivity index (χ0n) is 11.3. The van der Waals surface area contributed by atoms with E-state index in [-0.39, 0.29) is 11.6 Å². The van der Waals surface area contributed by atoms with E-state index in [4.69, 9.17) is 10.8 Å². The number of carboxylic acids is 1. The minimum absolute atomic E-state index is 0.0594. The van der Waals surface area contributed by atoms with Crippen molar-refractivity contribution in [2.45, 2.75) is 26.3 Å². The fraction of sp³-hybridized carbons (Fsp3) is 0.308. The molecule has 20 heavy (non-hydrogen) atoms. The van der Waals surface area contributed by atoms with Crippen molar-refractivity contribution in [3.63, 3.8) is 0 Å². The second kappa shape index (κ2) is 5.87. The van der Waals surface area contributed by atoms with E-state index in [1.807, 2.05) is 13.1 Å². The first-order chi connectivity index (χ1) is 9.51. The van der Waals surface area contributed by atoms with Crippen LogP contribution in [0.3, 0.4) is 0 Å². The second-order valence-electron chi connectivity index (χ2n) is 4.35. The minimum Gasteiger partial charge on any atom is -0.478 e. The summed E-state index contributed by atoms with van der Waals surface area (Å²) in [6, 6.07) is 1.28. The summed E-state index contributed by atoms with van der Waals surface area (Å²) < 4.78 is 0. The van der Waals surface area contributed by atoms with Crippen molar-refractivity contribution in [2.24, 2.45) is 0 Å². The van der Waals surface area contributed by atoms with E-state index < -0.39 is 5.97 Å². The van der Waals surface area contributed by atoms with Crippen LogP contribution in [-0.2, 0) is 6.42 Å². The van der Waals surface area contributed by atoms with E-state index in [1.54, 1.807) is 11.3 Å². The minimum atomic E-state index is -1.06. The van der Waals surface area contributed by atoms with Crippen molar-refractivity contribution in [1.29, 1.82) is 0 Å². The first-order valence-corrected chi connectivity index (χ1v) is 7.02. The van der Waals surface area contributed by atoms with E-state index in [1.165, 1.54) is 17.1 Å². The quantitative estimate of drug-likeness (QED) is 0.783. The van der Waals surface area contributed by atoms with Gasteiger partial charge in [0.15, 0.2) is 0 Å². The fourth-order valence-corrected chi connectivity index (χ4v) is 2.57. The first kappa shape index (κ1) is 14.3. The molecule has 0 fully saturated rings. The van der Waals surface area contributed by atoms with Crippen LogP contribution in [0.4, 0.5) is 11.5 Å². The van der Waals surface area contributed by atoms with E-state index in [9.17, 15) is 4.79 Å². The predicted molar refractivity (Wildman–Crippen MR) is 79.1 cm³/mol. The summed E-state index contributed by atoms with van der Waals surface area (Å²) in [5.74, 6) is -0.764. The van der Waals surface area contributed by atoms with Gasteiger partial charge in [-0.2, -0.15) is 0 Å². The molecule has 1 unspecified atom stereocenters. The molecule has 7 heteroatoms. The second-order valence-corrected chi connectivity index (χ2v) is 5.50. The van der Waals surface area contributed by atoms with Crippen LogP contribution in [0.25, 0.3) is 0 Å². The van der Waals surface area contributed by atoms with Crippen molar-refractivity contribution in [3.8, 4) is 0 Å². The van der Waals surface area contributed by atoms with Crippen LogP contribution in [0, 0.1) is 0 Å². The highest BCUT2D eigenvalue weighted by Crippen LogP contribution is 2.25. The molecule has 2 heterocycles. The van der Waals surface area contributed by atoms with Crippen molar-refractivity contribution in [1.82, 2.24) is 9.97 Å². The molecule has 0 saturated carbocycles. The van der Waals surface area contributed by atoms with E-state index in [0.717, 1.165) is 11.4 Å². The summed E-state index contributed by atoms with van der Waals surface area (Å²) in [5.41, 5.74) is 5.95. The number of nitrogens with two attached hydrogens (primary N) is 1. The molecule has 0 bridgehead atoms. The highest BCUT2D eigenvalue weighted by atomic mass is 32.1. The monoisotopic (exact) mass is 292 g/mol. The van der Waals surface area contributed by atoms with Crippen LogP contribution in [0.1, 0.15) is 40.1 Å². The van der Waals surface area contributed by atoms with Gasteiger partial charge in [0, 0.05) is 11.1 Å². The van der Waals surface area contributed by atoms with Gasteiger partial charge in [-0.3, -0.25) is 0 Å². The number of pyridine rings is 1. The highest BCUT2D eigenvalue weighted by molar-refractivity contribution is 7.11. The van der Waals surface area contributed by atoms with Gasteiger partial charge in [-0.15, -0.1) is 11.3 Å². The first-order valence-electron chi connectivity index (χ1n) is 6.21. The molecule has 2 rings (SSSR count). The third kappa shape index (κ3) is 3.05. The van der Waals surface area contributed by atoms with Crippen LogP contribution < -0.4 is 11.1 Å². The smallest absolute Gasteiger partial charge is 0.339 e. The van der Waals surface area contributed by atoms with Crippen LogP contribution >= 0.6 is 11.3 Å². The number of aromatic carboxylic acids is 1. The molecule has 0 spiro atoms. The average molecular weight is 292 g/mol. The summed E-state index contributed by atoms with van der Waals surface area (Å²) in [4.78, 5) is 20.8. The summed E-state index contributed by atoms with van der Waals surface area (Å²) in [6.45, 7) is 3.99. The summed E-state index contributed by atoms with van der Waals surface area (Å²) in [5, 5.41) is 13.1. The number of aromatic nitrogens is 2. The highest BCUT2D eigenvalue weighted by Gasteiger charge is 2.16. The lowest BCUT2D eigenvalue weighted by Gasteiger charge is -2.14. The third-order valence-electron chi connectivity index (χ3n) is 2.78. The lowest BCUT2D eigenvalue weighted by molar-refractivity contribution is 0.0697. The number of nitrogens with one attached hydrogen (secondary N) is 1. The normalized spacial score (nSPS) is 12.1. The largest absolute Gasteiger partial charge is 0.478 e. The number of carbonyl (C=O) groups is 1. The van der Waals surface area contributed by atoms with Gasteiger partial charge in [-0.25, -0.2) is 14.8 Å². The van der Waals surface area contributed by atoms with Crippen molar-refractivity contribution in [2.75, 3.05) is 11.1 Å². The van der Waals surface area contributed by atoms with Gasteiger partial charge in [-0.05, 0) is 19.4 Å².